The van der Waals surface area contributed by atoms with Crippen LogP contribution in [0.15, 0.2) is 16.7 Å². The van der Waals surface area contributed by atoms with Crippen molar-refractivity contribution in [3.05, 3.63) is 51.8 Å². The highest BCUT2D eigenvalue weighted by atomic mass is 16.5. The number of esters is 1. The number of rotatable bonds is 9. The van der Waals surface area contributed by atoms with E-state index >= 15 is 0 Å². The monoisotopic (exact) mass is 440 g/mol. The van der Waals surface area contributed by atoms with E-state index in [0.29, 0.717) is 29.5 Å². The molecule has 0 spiro atoms. The van der Waals surface area contributed by atoms with Crippen LogP contribution < -0.4 is 0 Å². The molecule has 0 N–H and O–H groups in total. The fourth-order valence-corrected chi connectivity index (χ4v) is 4.00. The highest BCUT2D eigenvalue weighted by Gasteiger charge is 2.20. The molecular weight excluding hydrogens is 408 g/mol. The third-order valence-electron chi connectivity index (χ3n) is 5.59. The Kier molecular flexibility index (Phi) is 7.01. The lowest BCUT2D eigenvalue weighted by molar-refractivity contribution is -0.142. The van der Waals surface area contributed by atoms with E-state index < -0.39 is 5.97 Å². The first kappa shape index (κ1) is 23.5. The van der Waals surface area contributed by atoms with Gasteiger partial charge >= 0.3 is 5.97 Å². The SMILES string of the molecule is Cc1cc(-n2c(C)cc(C(=O)COC(=O)CCc3c(C)nn(CC(C)C)c3C)c2C)no1. The van der Waals surface area contributed by atoms with Gasteiger partial charge in [0, 0.05) is 41.7 Å². The van der Waals surface area contributed by atoms with Gasteiger partial charge in [0.25, 0.3) is 0 Å². The molecule has 0 bridgehead atoms. The molecule has 32 heavy (non-hydrogen) atoms. The largest absolute Gasteiger partial charge is 0.457 e. The molecule has 3 aromatic heterocycles. The third kappa shape index (κ3) is 5.00. The molecule has 8 heteroatoms. The molecule has 0 amide bonds. The van der Waals surface area contributed by atoms with Gasteiger partial charge in [-0.3, -0.25) is 18.8 Å². The number of hydrogen-bond acceptors (Lipinski definition) is 6. The van der Waals surface area contributed by atoms with E-state index in [1.165, 1.54) is 0 Å². The Balaban J connectivity index is 1.59. The molecule has 0 saturated heterocycles. The summed E-state index contributed by atoms with van der Waals surface area (Å²) in [4.78, 5) is 25.0. The Bertz CT molecular complexity index is 1130. The number of carbonyl (C=O) groups excluding carboxylic acids is 2. The van der Waals surface area contributed by atoms with E-state index in [1.807, 2.05) is 49.9 Å². The molecule has 0 radical (unpaired) electrons. The Morgan fingerprint density at radius 1 is 1.09 bits per heavy atom. The van der Waals surface area contributed by atoms with Gasteiger partial charge in [0.05, 0.1) is 5.69 Å². The van der Waals surface area contributed by atoms with E-state index in [1.54, 1.807) is 6.07 Å². The molecule has 0 aliphatic heterocycles. The standard InChI is InChI=1S/C24H32N4O4/c1-14(2)12-27-18(6)20(17(5)25-27)8-9-24(30)31-13-22(29)21-10-15(3)28(19(21)7)23-11-16(4)32-26-23/h10-11,14H,8-9,12-13H2,1-7H3. The van der Waals surface area contributed by atoms with Gasteiger partial charge in [0.2, 0.25) is 5.78 Å². The Hall–Kier alpha value is -3.16. The molecule has 3 heterocycles. The van der Waals surface area contributed by atoms with Crippen molar-refractivity contribution in [2.24, 2.45) is 5.92 Å². The van der Waals surface area contributed by atoms with E-state index in [9.17, 15) is 9.59 Å². The minimum absolute atomic E-state index is 0.208. The molecule has 0 saturated carbocycles. The second-order valence-corrected chi connectivity index (χ2v) is 8.73. The van der Waals surface area contributed by atoms with Crippen LogP contribution in [0, 0.1) is 40.5 Å². The van der Waals surface area contributed by atoms with Crippen molar-refractivity contribution in [2.75, 3.05) is 6.61 Å². The fraction of sp³-hybridized carbons (Fsp3) is 0.500. The van der Waals surface area contributed by atoms with Crippen LogP contribution in [0.25, 0.3) is 5.82 Å². The molecular formula is C24H32N4O4. The van der Waals surface area contributed by atoms with E-state index in [2.05, 4.69) is 24.1 Å². The molecule has 0 unspecified atom stereocenters. The van der Waals surface area contributed by atoms with Crippen LogP contribution in [0.5, 0.6) is 0 Å². The first-order valence-corrected chi connectivity index (χ1v) is 10.9. The van der Waals surface area contributed by atoms with Gasteiger partial charge in [-0.15, -0.1) is 0 Å². The summed E-state index contributed by atoms with van der Waals surface area (Å²) in [6, 6.07) is 3.59. The molecule has 172 valence electrons. The van der Waals surface area contributed by atoms with Crippen LogP contribution in [0.1, 0.15) is 64.7 Å². The zero-order valence-electron chi connectivity index (χ0n) is 20.0. The lowest BCUT2D eigenvalue weighted by Gasteiger charge is -2.08. The summed E-state index contributed by atoms with van der Waals surface area (Å²) in [6.07, 6.45) is 0.752. The van der Waals surface area contributed by atoms with Crippen molar-refractivity contribution >= 4 is 11.8 Å². The first-order valence-electron chi connectivity index (χ1n) is 10.9. The van der Waals surface area contributed by atoms with Crippen molar-refractivity contribution < 1.29 is 18.8 Å². The van der Waals surface area contributed by atoms with Crippen LogP contribution in [-0.2, 0) is 22.5 Å². The Morgan fingerprint density at radius 2 is 1.81 bits per heavy atom. The quantitative estimate of drug-likeness (QED) is 0.365. The number of carbonyl (C=O) groups is 2. The Morgan fingerprint density at radius 3 is 2.44 bits per heavy atom. The second kappa shape index (κ2) is 9.54. The van der Waals surface area contributed by atoms with Crippen molar-refractivity contribution in [2.45, 2.75) is 67.9 Å². The van der Waals surface area contributed by atoms with Gasteiger partial charge in [-0.05, 0) is 58.6 Å². The molecule has 0 atom stereocenters. The minimum atomic E-state index is -0.394. The molecule has 0 aromatic carbocycles. The third-order valence-corrected chi connectivity index (χ3v) is 5.59. The summed E-state index contributed by atoms with van der Waals surface area (Å²) in [6.45, 7) is 14.4. The smallest absolute Gasteiger partial charge is 0.306 e. The zero-order valence-corrected chi connectivity index (χ0v) is 20.0. The average Bonchev–Trinajstić information content (AvgIpc) is 3.34. The maximum Gasteiger partial charge on any atom is 0.306 e. The Labute approximate surface area is 188 Å². The second-order valence-electron chi connectivity index (χ2n) is 8.73. The molecule has 0 aliphatic carbocycles. The minimum Gasteiger partial charge on any atom is -0.457 e. The average molecular weight is 441 g/mol. The van der Waals surface area contributed by atoms with Gasteiger partial charge in [0.15, 0.2) is 12.4 Å². The number of hydrogen-bond donors (Lipinski definition) is 0. The summed E-state index contributed by atoms with van der Waals surface area (Å²) < 4.78 is 14.3. The van der Waals surface area contributed by atoms with E-state index in [-0.39, 0.29) is 18.8 Å². The molecule has 8 nitrogen and oxygen atoms in total. The summed E-state index contributed by atoms with van der Waals surface area (Å²) in [5.74, 6) is 1.17. The highest BCUT2D eigenvalue weighted by molar-refractivity contribution is 5.99. The van der Waals surface area contributed by atoms with Gasteiger partial charge in [0.1, 0.15) is 5.76 Å². The number of Topliss-reactive ketones (excluding diaryl/α,β-unsaturated/α-hetero) is 1. The van der Waals surface area contributed by atoms with Gasteiger partial charge < -0.3 is 9.26 Å². The van der Waals surface area contributed by atoms with Crippen LogP contribution in [0.4, 0.5) is 0 Å². The highest BCUT2D eigenvalue weighted by Crippen LogP contribution is 2.21. The summed E-state index contributed by atoms with van der Waals surface area (Å²) in [5.41, 5.74) is 5.19. The maximum atomic E-state index is 12.7. The van der Waals surface area contributed by atoms with Gasteiger partial charge in [-0.1, -0.05) is 19.0 Å². The molecule has 0 fully saturated rings. The van der Waals surface area contributed by atoms with Crippen LogP contribution in [0.2, 0.25) is 0 Å². The topological polar surface area (TPSA) is 92.2 Å². The maximum absolute atomic E-state index is 12.7. The van der Waals surface area contributed by atoms with Gasteiger partial charge in [-0.2, -0.15) is 5.10 Å². The number of aryl methyl sites for hydroxylation is 3. The molecule has 3 aromatic rings. The van der Waals surface area contributed by atoms with Crippen LogP contribution in [0.3, 0.4) is 0 Å². The summed E-state index contributed by atoms with van der Waals surface area (Å²) in [7, 11) is 0. The number of ether oxygens (including phenoxy) is 1. The van der Waals surface area contributed by atoms with Crippen molar-refractivity contribution in [1.29, 1.82) is 0 Å². The predicted molar refractivity (Wildman–Crippen MR) is 120 cm³/mol. The normalized spacial score (nSPS) is 11.4. The van der Waals surface area contributed by atoms with Gasteiger partial charge in [-0.25, -0.2) is 0 Å². The zero-order chi connectivity index (χ0) is 23.6. The lowest BCUT2D eigenvalue weighted by Crippen LogP contribution is -2.15. The first-order chi connectivity index (χ1) is 15.1. The number of aromatic nitrogens is 4. The van der Waals surface area contributed by atoms with Crippen LogP contribution in [-0.4, -0.2) is 37.9 Å². The summed E-state index contributed by atoms with van der Waals surface area (Å²) in [5, 5.41) is 8.61. The number of ketones is 1. The van der Waals surface area contributed by atoms with Crippen molar-refractivity contribution in [1.82, 2.24) is 19.5 Å². The lowest BCUT2D eigenvalue weighted by atomic mass is 10.1. The molecule has 0 aliphatic rings. The van der Waals surface area contributed by atoms with E-state index in [4.69, 9.17) is 9.26 Å². The fourth-order valence-electron chi connectivity index (χ4n) is 4.00. The predicted octanol–water partition coefficient (Wildman–Crippen LogP) is 4.22. The van der Waals surface area contributed by atoms with Crippen molar-refractivity contribution in [3.8, 4) is 5.82 Å². The number of nitrogens with zero attached hydrogens (tertiary/aromatic N) is 4. The molecule has 3 rings (SSSR count). The van der Waals surface area contributed by atoms with Crippen LogP contribution >= 0.6 is 0 Å². The van der Waals surface area contributed by atoms with Crippen molar-refractivity contribution in [3.63, 3.8) is 0 Å². The summed E-state index contributed by atoms with van der Waals surface area (Å²) >= 11 is 0. The van der Waals surface area contributed by atoms with E-state index in [0.717, 1.165) is 34.9 Å².